The van der Waals surface area contributed by atoms with E-state index in [-0.39, 0.29) is 0 Å². The van der Waals surface area contributed by atoms with Gasteiger partial charge in [-0.1, -0.05) is 22.0 Å². The summed E-state index contributed by atoms with van der Waals surface area (Å²) in [6, 6.07) is 7.82. The summed E-state index contributed by atoms with van der Waals surface area (Å²) in [7, 11) is 0. The molecule has 0 radical (unpaired) electrons. The monoisotopic (exact) mass is 308 g/mol. The molecule has 0 atom stereocenters. The predicted octanol–water partition coefficient (Wildman–Crippen LogP) is 3.82. The molecule has 0 aliphatic rings. The molecule has 3 nitrogen and oxygen atoms in total. The van der Waals surface area contributed by atoms with Crippen molar-refractivity contribution in [2.75, 3.05) is 5.73 Å². The summed E-state index contributed by atoms with van der Waals surface area (Å²) in [6.07, 6.45) is 0.712. The number of halogens is 1. The van der Waals surface area contributed by atoms with Crippen molar-refractivity contribution in [1.82, 2.24) is 4.98 Å². The van der Waals surface area contributed by atoms with Crippen LogP contribution in [0.1, 0.15) is 10.8 Å². The van der Waals surface area contributed by atoms with Gasteiger partial charge < -0.3 is 10.2 Å². The van der Waals surface area contributed by atoms with Crippen LogP contribution in [-0.4, -0.2) is 4.98 Å². The summed E-state index contributed by atoms with van der Waals surface area (Å²) < 4.78 is 6.59. The fraction of sp³-hybridized carbons (Fsp3) is 0.0833. The van der Waals surface area contributed by atoms with E-state index in [0.717, 1.165) is 9.99 Å². The van der Waals surface area contributed by atoms with E-state index in [1.54, 1.807) is 11.3 Å². The number of oxazole rings is 1. The number of anilines is 1. The number of nitrogen functional groups attached to an aromatic ring is 1. The highest BCUT2D eigenvalue weighted by atomic mass is 79.9. The van der Waals surface area contributed by atoms with Crippen molar-refractivity contribution in [1.29, 1.82) is 0 Å². The topological polar surface area (TPSA) is 52.0 Å². The molecule has 17 heavy (non-hydrogen) atoms. The molecule has 2 aromatic heterocycles. The quantitative estimate of drug-likeness (QED) is 0.732. The second kappa shape index (κ2) is 4.16. The summed E-state index contributed by atoms with van der Waals surface area (Å²) in [5.74, 6) is 0.701. The van der Waals surface area contributed by atoms with Gasteiger partial charge in [0.25, 0.3) is 0 Å². The summed E-state index contributed by atoms with van der Waals surface area (Å²) in [6.45, 7) is 0. The largest absolute Gasteiger partial charge is 0.438 e. The van der Waals surface area contributed by atoms with Crippen molar-refractivity contribution in [2.24, 2.45) is 0 Å². The van der Waals surface area contributed by atoms with Crippen molar-refractivity contribution < 1.29 is 4.42 Å². The van der Waals surface area contributed by atoms with Crippen LogP contribution >= 0.6 is 27.3 Å². The highest BCUT2D eigenvalue weighted by molar-refractivity contribution is 9.10. The van der Waals surface area contributed by atoms with Crippen molar-refractivity contribution in [3.8, 4) is 0 Å². The average Bonchev–Trinajstić information content (AvgIpc) is 2.87. The Balaban J connectivity index is 2.05. The number of fused-ring (bicyclic) bond motifs is 1. The van der Waals surface area contributed by atoms with Crippen molar-refractivity contribution in [2.45, 2.75) is 6.42 Å². The van der Waals surface area contributed by atoms with Gasteiger partial charge >= 0.3 is 0 Å². The number of aromatic nitrogens is 1. The second-order valence-corrected chi connectivity index (χ2v) is 5.65. The maximum atomic E-state index is 5.88. The van der Waals surface area contributed by atoms with E-state index in [2.05, 4.69) is 27.0 Å². The zero-order valence-electron chi connectivity index (χ0n) is 8.81. The molecule has 5 heteroatoms. The third kappa shape index (κ3) is 2.08. The third-order valence-electron chi connectivity index (χ3n) is 2.43. The minimum atomic E-state index is 0.610. The van der Waals surface area contributed by atoms with Gasteiger partial charge in [-0.3, -0.25) is 0 Å². The number of benzene rings is 1. The first-order chi connectivity index (χ1) is 8.22. The van der Waals surface area contributed by atoms with Crippen LogP contribution in [0, 0.1) is 0 Å². The van der Waals surface area contributed by atoms with E-state index in [0.29, 0.717) is 23.6 Å². The normalized spacial score (nSPS) is 11.1. The number of hydrogen-bond donors (Lipinski definition) is 1. The molecule has 2 N–H and O–H groups in total. The molecule has 0 aliphatic carbocycles. The SMILES string of the molecule is Nc1cc(Br)cc2nc(Cc3cccs3)oc12. The lowest BCUT2D eigenvalue weighted by atomic mass is 10.3. The van der Waals surface area contributed by atoms with Crippen LogP contribution in [-0.2, 0) is 6.42 Å². The molecule has 3 rings (SSSR count). The van der Waals surface area contributed by atoms with Crippen LogP contribution in [0.5, 0.6) is 0 Å². The summed E-state index contributed by atoms with van der Waals surface area (Å²) >= 11 is 5.09. The molecule has 0 amide bonds. The van der Waals surface area contributed by atoms with Gasteiger partial charge in [-0.15, -0.1) is 11.3 Å². The lowest BCUT2D eigenvalue weighted by Crippen LogP contribution is -1.84. The molecule has 3 aromatic rings. The molecule has 2 heterocycles. The standard InChI is InChI=1S/C12H9BrN2OS/c13-7-4-9(14)12-10(5-7)15-11(16-12)6-8-2-1-3-17-8/h1-5H,6,14H2. The van der Waals surface area contributed by atoms with Gasteiger partial charge in [0.15, 0.2) is 5.58 Å². The Morgan fingerprint density at radius 3 is 3.06 bits per heavy atom. The Bertz CT molecular complexity index is 661. The van der Waals surface area contributed by atoms with E-state index < -0.39 is 0 Å². The van der Waals surface area contributed by atoms with Gasteiger partial charge in [0.05, 0.1) is 12.1 Å². The number of thiophene rings is 1. The van der Waals surface area contributed by atoms with Gasteiger partial charge in [0, 0.05) is 9.35 Å². The molecule has 1 aromatic carbocycles. The molecule has 0 spiro atoms. The minimum absolute atomic E-state index is 0.610. The first-order valence-corrected chi connectivity index (χ1v) is 6.76. The lowest BCUT2D eigenvalue weighted by Gasteiger charge is -1.94. The molecular weight excluding hydrogens is 300 g/mol. The van der Waals surface area contributed by atoms with Crippen LogP contribution in [0.15, 0.2) is 38.5 Å². The molecular formula is C12H9BrN2OS. The van der Waals surface area contributed by atoms with Gasteiger partial charge in [-0.2, -0.15) is 0 Å². The van der Waals surface area contributed by atoms with Crippen LogP contribution in [0.25, 0.3) is 11.1 Å². The van der Waals surface area contributed by atoms with Crippen molar-refractivity contribution in [3.63, 3.8) is 0 Å². The van der Waals surface area contributed by atoms with Crippen molar-refractivity contribution in [3.05, 3.63) is 44.9 Å². The van der Waals surface area contributed by atoms with Gasteiger partial charge in [-0.25, -0.2) is 4.98 Å². The van der Waals surface area contributed by atoms with Crippen LogP contribution in [0.2, 0.25) is 0 Å². The van der Waals surface area contributed by atoms with E-state index >= 15 is 0 Å². The summed E-state index contributed by atoms with van der Waals surface area (Å²) in [4.78, 5) is 5.67. The Hall–Kier alpha value is -1.33. The molecule has 0 saturated heterocycles. The zero-order chi connectivity index (χ0) is 11.8. The molecule has 0 saturated carbocycles. The Morgan fingerprint density at radius 2 is 2.29 bits per heavy atom. The minimum Gasteiger partial charge on any atom is -0.438 e. The lowest BCUT2D eigenvalue weighted by molar-refractivity contribution is 0.546. The molecule has 0 fully saturated rings. The fourth-order valence-electron chi connectivity index (χ4n) is 1.71. The number of hydrogen-bond acceptors (Lipinski definition) is 4. The number of rotatable bonds is 2. The zero-order valence-corrected chi connectivity index (χ0v) is 11.2. The Kier molecular flexibility index (Phi) is 2.64. The molecule has 0 aliphatic heterocycles. The van der Waals surface area contributed by atoms with Gasteiger partial charge in [-0.05, 0) is 23.6 Å². The maximum absolute atomic E-state index is 5.88. The highest BCUT2D eigenvalue weighted by Crippen LogP contribution is 2.27. The summed E-state index contributed by atoms with van der Waals surface area (Å²) in [5.41, 5.74) is 7.95. The first kappa shape index (κ1) is 10.8. The van der Waals surface area contributed by atoms with Gasteiger partial charge in [0.2, 0.25) is 5.89 Å². The third-order valence-corrected chi connectivity index (χ3v) is 3.77. The smallest absolute Gasteiger partial charge is 0.200 e. The predicted molar refractivity (Wildman–Crippen MR) is 73.2 cm³/mol. The van der Waals surface area contributed by atoms with Crippen LogP contribution in [0.4, 0.5) is 5.69 Å². The Labute approximate surface area is 110 Å². The van der Waals surface area contributed by atoms with E-state index in [9.17, 15) is 0 Å². The molecule has 86 valence electrons. The second-order valence-electron chi connectivity index (χ2n) is 3.71. The maximum Gasteiger partial charge on any atom is 0.200 e. The van der Waals surface area contributed by atoms with Crippen molar-refractivity contribution >= 4 is 44.1 Å². The van der Waals surface area contributed by atoms with Crippen LogP contribution < -0.4 is 5.73 Å². The molecule has 0 bridgehead atoms. The number of nitrogens with two attached hydrogens (primary N) is 1. The van der Waals surface area contributed by atoms with Crippen LogP contribution in [0.3, 0.4) is 0 Å². The first-order valence-electron chi connectivity index (χ1n) is 5.09. The number of nitrogens with zero attached hydrogens (tertiary/aromatic N) is 1. The van der Waals surface area contributed by atoms with Gasteiger partial charge in [0.1, 0.15) is 5.52 Å². The fourth-order valence-corrected chi connectivity index (χ4v) is 2.87. The van der Waals surface area contributed by atoms with E-state index in [1.165, 1.54) is 4.88 Å². The van der Waals surface area contributed by atoms with E-state index in [4.69, 9.17) is 10.2 Å². The van der Waals surface area contributed by atoms with E-state index in [1.807, 2.05) is 23.6 Å². The Morgan fingerprint density at radius 1 is 1.41 bits per heavy atom. The molecule has 0 unspecified atom stereocenters. The highest BCUT2D eigenvalue weighted by Gasteiger charge is 2.10. The summed E-state index contributed by atoms with van der Waals surface area (Å²) in [5, 5.41) is 2.04. The average molecular weight is 309 g/mol.